The molecule has 3 rings (SSSR count). The molecular formula is C21H23Cl2N3O4. The summed E-state index contributed by atoms with van der Waals surface area (Å²) in [6.45, 7) is 0.0784. The number of ether oxygens (including phenoxy) is 1. The number of benzene rings is 1. The van der Waals surface area contributed by atoms with Gasteiger partial charge in [0.15, 0.2) is 0 Å². The van der Waals surface area contributed by atoms with Crippen LogP contribution in [0.15, 0.2) is 42.7 Å². The molecular weight excluding hydrogens is 429 g/mol. The molecule has 2 amide bonds. The van der Waals surface area contributed by atoms with E-state index >= 15 is 0 Å². The molecule has 0 bridgehead atoms. The van der Waals surface area contributed by atoms with E-state index in [1.165, 1.54) is 6.20 Å². The lowest BCUT2D eigenvalue weighted by molar-refractivity contribution is -0.131. The Labute approximate surface area is 184 Å². The van der Waals surface area contributed by atoms with Gasteiger partial charge < -0.3 is 20.5 Å². The fourth-order valence-electron chi connectivity index (χ4n) is 3.32. The topological polar surface area (TPSA) is 101 Å². The summed E-state index contributed by atoms with van der Waals surface area (Å²) in [6, 6.07) is 8.20. The molecule has 1 aliphatic rings. The lowest BCUT2D eigenvalue weighted by Crippen LogP contribution is -2.51. The van der Waals surface area contributed by atoms with E-state index in [9.17, 15) is 14.7 Å². The molecule has 2 heterocycles. The van der Waals surface area contributed by atoms with Gasteiger partial charge in [0.05, 0.1) is 40.8 Å². The van der Waals surface area contributed by atoms with Crippen LogP contribution in [0.1, 0.15) is 35.2 Å². The van der Waals surface area contributed by atoms with E-state index in [-0.39, 0.29) is 37.0 Å². The number of hydrogen-bond donors (Lipinski definition) is 3. The molecule has 160 valence electrons. The van der Waals surface area contributed by atoms with Crippen molar-refractivity contribution in [3.63, 3.8) is 0 Å². The Hall–Kier alpha value is -2.19. The van der Waals surface area contributed by atoms with Crippen LogP contribution in [0.4, 0.5) is 0 Å². The SMILES string of the molecule is O=C(C[C@H]1CC[C@H](NC(=O)c2cccnc2)[C@@H](CO)O1)NCc1ccc(Cl)c(Cl)c1. The summed E-state index contributed by atoms with van der Waals surface area (Å²) in [5.74, 6) is -0.437. The van der Waals surface area contributed by atoms with Crippen molar-refractivity contribution in [2.75, 3.05) is 6.61 Å². The number of amides is 2. The van der Waals surface area contributed by atoms with Gasteiger partial charge in [-0.05, 0) is 42.7 Å². The van der Waals surface area contributed by atoms with Crippen molar-refractivity contribution in [1.82, 2.24) is 15.6 Å². The van der Waals surface area contributed by atoms with Crippen LogP contribution < -0.4 is 10.6 Å². The van der Waals surface area contributed by atoms with Crippen LogP contribution in [0.5, 0.6) is 0 Å². The number of aliphatic hydroxyl groups is 1. The Kier molecular flexibility index (Phi) is 8.04. The van der Waals surface area contributed by atoms with Crippen LogP contribution in [0, 0.1) is 0 Å². The largest absolute Gasteiger partial charge is 0.394 e. The minimum atomic E-state index is -0.577. The summed E-state index contributed by atoms with van der Waals surface area (Å²) >= 11 is 11.9. The Morgan fingerprint density at radius 2 is 2.03 bits per heavy atom. The monoisotopic (exact) mass is 451 g/mol. The van der Waals surface area contributed by atoms with Gasteiger partial charge in [0.1, 0.15) is 6.10 Å². The number of carbonyl (C=O) groups is 2. The number of nitrogens with one attached hydrogen (secondary N) is 2. The van der Waals surface area contributed by atoms with Gasteiger partial charge in [-0.25, -0.2) is 0 Å². The quantitative estimate of drug-likeness (QED) is 0.600. The van der Waals surface area contributed by atoms with Crippen LogP contribution in [-0.2, 0) is 16.1 Å². The average Bonchev–Trinajstić information content (AvgIpc) is 2.76. The maximum absolute atomic E-state index is 12.3. The van der Waals surface area contributed by atoms with Crippen molar-refractivity contribution in [2.24, 2.45) is 0 Å². The third-order valence-electron chi connectivity index (χ3n) is 4.92. The van der Waals surface area contributed by atoms with Crippen LogP contribution in [0.25, 0.3) is 0 Å². The van der Waals surface area contributed by atoms with Crippen LogP contribution in [0.2, 0.25) is 10.0 Å². The molecule has 9 heteroatoms. The summed E-state index contributed by atoms with van der Waals surface area (Å²) in [7, 11) is 0. The molecule has 1 aromatic carbocycles. The predicted octanol–water partition coefficient (Wildman–Crippen LogP) is 2.73. The highest BCUT2D eigenvalue weighted by molar-refractivity contribution is 6.42. The Balaban J connectivity index is 1.47. The number of rotatable bonds is 7. The second kappa shape index (κ2) is 10.7. The molecule has 3 atom stereocenters. The molecule has 1 aliphatic heterocycles. The van der Waals surface area contributed by atoms with Crippen molar-refractivity contribution in [1.29, 1.82) is 0 Å². The van der Waals surface area contributed by atoms with Crippen molar-refractivity contribution in [2.45, 2.75) is 44.1 Å². The standard InChI is InChI=1S/C21H23Cl2N3O4/c22-16-5-3-13(8-17(16)23)10-25-20(28)9-15-4-6-18(19(12-27)30-15)26-21(29)14-2-1-7-24-11-14/h1-3,5,7-8,11,15,18-19,27H,4,6,9-10,12H2,(H,25,28)(H,26,29)/t15-,18+,19-/m1/s1. The first-order valence-electron chi connectivity index (χ1n) is 9.64. The minimum absolute atomic E-state index is 0.166. The van der Waals surface area contributed by atoms with Crippen LogP contribution in [0.3, 0.4) is 0 Å². The molecule has 0 spiro atoms. The maximum Gasteiger partial charge on any atom is 0.253 e. The third kappa shape index (κ3) is 6.15. The molecule has 30 heavy (non-hydrogen) atoms. The van der Waals surface area contributed by atoms with Crippen molar-refractivity contribution < 1.29 is 19.4 Å². The average molecular weight is 452 g/mol. The zero-order chi connectivity index (χ0) is 21.5. The van der Waals surface area contributed by atoms with Gasteiger partial charge in [-0.15, -0.1) is 0 Å². The van der Waals surface area contributed by atoms with E-state index in [2.05, 4.69) is 15.6 Å². The lowest BCUT2D eigenvalue weighted by Gasteiger charge is -2.36. The number of hydrogen-bond acceptors (Lipinski definition) is 5. The molecule has 2 aromatic rings. The van der Waals surface area contributed by atoms with Crippen LogP contribution >= 0.6 is 23.2 Å². The van der Waals surface area contributed by atoms with Gasteiger partial charge in [-0.3, -0.25) is 14.6 Å². The first kappa shape index (κ1) is 22.5. The first-order chi connectivity index (χ1) is 14.5. The molecule has 3 N–H and O–H groups in total. The van der Waals surface area contributed by atoms with Crippen molar-refractivity contribution in [3.05, 3.63) is 63.9 Å². The van der Waals surface area contributed by atoms with E-state index in [1.54, 1.807) is 36.5 Å². The molecule has 0 unspecified atom stereocenters. The summed E-state index contributed by atoms with van der Waals surface area (Å²) in [5, 5.41) is 16.3. The summed E-state index contributed by atoms with van der Waals surface area (Å²) in [4.78, 5) is 28.5. The molecule has 1 fully saturated rings. The molecule has 0 radical (unpaired) electrons. The number of nitrogens with zero attached hydrogens (tertiary/aromatic N) is 1. The molecule has 7 nitrogen and oxygen atoms in total. The molecule has 0 saturated carbocycles. The highest BCUT2D eigenvalue weighted by Gasteiger charge is 2.33. The highest BCUT2D eigenvalue weighted by Crippen LogP contribution is 2.24. The van der Waals surface area contributed by atoms with Gasteiger partial charge in [0.2, 0.25) is 5.91 Å². The smallest absolute Gasteiger partial charge is 0.253 e. The molecule has 1 saturated heterocycles. The zero-order valence-electron chi connectivity index (χ0n) is 16.2. The number of halogens is 2. The fraction of sp³-hybridized carbons (Fsp3) is 0.381. The maximum atomic E-state index is 12.3. The molecule has 0 aliphatic carbocycles. The number of aromatic nitrogens is 1. The van der Waals surface area contributed by atoms with Gasteiger partial charge in [-0.1, -0.05) is 29.3 Å². The van der Waals surface area contributed by atoms with Gasteiger partial charge >= 0.3 is 0 Å². The van der Waals surface area contributed by atoms with E-state index in [4.69, 9.17) is 27.9 Å². The van der Waals surface area contributed by atoms with E-state index in [0.717, 1.165) is 5.56 Å². The second-order valence-corrected chi connectivity index (χ2v) is 7.92. The molecule has 1 aromatic heterocycles. The zero-order valence-corrected chi connectivity index (χ0v) is 17.7. The minimum Gasteiger partial charge on any atom is -0.394 e. The first-order valence-corrected chi connectivity index (χ1v) is 10.4. The van der Waals surface area contributed by atoms with Crippen molar-refractivity contribution >= 4 is 35.0 Å². The van der Waals surface area contributed by atoms with E-state index in [0.29, 0.717) is 35.0 Å². The number of carbonyl (C=O) groups excluding carboxylic acids is 2. The lowest BCUT2D eigenvalue weighted by atomic mass is 9.96. The summed E-state index contributed by atoms with van der Waals surface area (Å²) in [6.07, 6.45) is 3.52. The van der Waals surface area contributed by atoms with Gasteiger partial charge in [0.25, 0.3) is 5.91 Å². The third-order valence-corrected chi connectivity index (χ3v) is 5.66. The predicted molar refractivity (Wildman–Crippen MR) is 113 cm³/mol. The normalized spacial score (nSPS) is 21.1. The number of pyridine rings is 1. The van der Waals surface area contributed by atoms with Gasteiger partial charge in [0, 0.05) is 18.9 Å². The highest BCUT2D eigenvalue weighted by atomic mass is 35.5. The Morgan fingerprint density at radius 1 is 1.20 bits per heavy atom. The van der Waals surface area contributed by atoms with Crippen LogP contribution in [-0.4, -0.2) is 46.8 Å². The number of aliphatic hydroxyl groups excluding tert-OH is 1. The van der Waals surface area contributed by atoms with E-state index in [1.807, 2.05) is 0 Å². The summed E-state index contributed by atoms with van der Waals surface area (Å²) in [5.41, 5.74) is 1.28. The van der Waals surface area contributed by atoms with Gasteiger partial charge in [-0.2, -0.15) is 0 Å². The second-order valence-electron chi connectivity index (χ2n) is 7.11. The van der Waals surface area contributed by atoms with E-state index < -0.39 is 6.10 Å². The Morgan fingerprint density at radius 3 is 2.73 bits per heavy atom. The fourth-order valence-corrected chi connectivity index (χ4v) is 3.65. The Bertz CT molecular complexity index is 882. The summed E-state index contributed by atoms with van der Waals surface area (Å²) < 4.78 is 5.86. The van der Waals surface area contributed by atoms with Crippen molar-refractivity contribution in [3.8, 4) is 0 Å².